The maximum Gasteiger partial charge on any atom is 0.191 e. The molecule has 33 heavy (non-hydrogen) atoms. The number of rotatable bonds is 7. The lowest BCUT2D eigenvalue weighted by Gasteiger charge is -2.45. The predicted octanol–water partition coefficient (Wildman–Crippen LogP) is 2.63. The Morgan fingerprint density at radius 1 is 1.00 bits per heavy atom. The molecule has 1 unspecified atom stereocenters. The first-order chi connectivity index (χ1) is 15.7. The molecule has 3 saturated heterocycles. The molecule has 1 atom stereocenters. The summed E-state index contributed by atoms with van der Waals surface area (Å²) in [7, 11) is 1.82. The first-order valence-electron chi connectivity index (χ1n) is 12.0. The van der Waals surface area contributed by atoms with E-state index in [2.05, 4.69) is 25.4 Å². The maximum absolute atomic E-state index is 13.5. The highest BCUT2D eigenvalue weighted by Crippen LogP contribution is 2.30. The van der Waals surface area contributed by atoms with Crippen molar-refractivity contribution in [2.75, 3.05) is 72.7 Å². The first kappa shape index (κ1) is 26.6. The molecule has 3 aliphatic heterocycles. The van der Waals surface area contributed by atoms with Crippen molar-refractivity contribution in [3.8, 4) is 0 Å². The fourth-order valence-electron chi connectivity index (χ4n) is 5.24. The zero-order valence-corrected chi connectivity index (χ0v) is 22.1. The summed E-state index contributed by atoms with van der Waals surface area (Å²) in [5.74, 6) is 0.610. The quantitative estimate of drug-likeness (QED) is 0.296. The van der Waals surface area contributed by atoms with Crippen molar-refractivity contribution < 1.29 is 13.9 Å². The van der Waals surface area contributed by atoms with Crippen molar-refractivity contribution in [3.63, 3.8) is 0 Å². The number of hydrogen-bond donors (Lipinski definition) is 2. The highest BCUT2D eigenvalue weighted by molar-refractivity contribution is 14.0. The van der Waals surface area contributed by atoms with E-state index in [0.717, 1.165) is 70.4 Å². The average Bonchev–Trinajstić information content (AvgIpc) is 3.39. The molecule has 0 aliphatic carbocycles. The van der Waals surface area contributed by atoms with E-state index in [1.165, 1.54) is 25.9 Å². The minimum Gasteiger partial charge on any atom is -0.381 e. The topological polar surface area (TPSA) is 61.4 Å². The minimum atomic E-state index is -0.205. The summed E-state index contributed by atoms with van der Waals surface area (Å²) in [5.41, 5.74) is 1.25. The second kappa shape index (κ2) is 13.2. The lowest BCUT2D eigenvalue weighted by Crippen LogP contribution is -2.59. The smallest absolute Gasteiger partial charge is 0.191 e. The van der Waals surface area contributed by atoms with E-state index in [-0.39, 0.29) is 41.4 Å². The standard InChI is InChI=1S/C24H38FN5O2.HI/c1-26-23(28-19-24(8-14-31-15-9-24)30-10-2-3-11-30)27-18-22(29-12-16-32-17-13-29)20-4-6-21(25)7-5-20;/h4-7,22H,2-3,8-19H2,1H3,(H2,26,27,28);1H. The Bertz CT molecular complexity index is 733. The summed E-state index contributed by atoms with van der Waals surface area (Å²) in [5, 5.41) is 7.15. The molecule has 1 aromatic rings. The SMILES string of the molecule is CN=C(NCC(c1ccc(F)cc1)N1CCOCC1)NCC1(N2CCCC2)CCOCC1.I. The molecular formula is C24H39FIN5O2. The van der Waals surface area contributed by atoms with Crippen LogP contribution in [-0.2, 0) is 9.47 Å². The van der Waals surface area contributed by atoms with Crippen LogP contribution in [0.3, 0.4) is 0 Å². The average molecular weight is 576 g/mol. The summed E-state index contributed by atoms with van der Waals surface area (Å²) in [6.45, 7) is 8.77. The third-order valence-electron chi connectivity index (χ3n) is 7.21. The lowest BCUT2D eigenvalue weighted by atomic mass is 9.88. The van der Waals surface area contributed by atoms with Crippen LogP contribution in [-0.4, -0.2) is 94.0 Å². The van der Waals surface area contributed by atoms with Crippen LogP contribution in [0, 0.1) is 5.82 Å². The molecule has 3 heterocycles. The number of hydrogen-bond acceptors (Lipinski definition) is 5. The van der Waals surface area contributed by atoms with Crippen LogP contribution in [0.2, 0.25) is 0 Å². The summed E-state index contributed by atoms with van der Waals surface area (Å²) >= 11 is 0. The highest BCUT2D eigenvalue weighted by Gasteiger charge is 2.39. The summed E-state index contributed by atoms with van der Waals surface area (Å²) < 4.78 is 24.7. The molecule has 7 nitrogen and oxygen atoms in total. The van der Waals surface area contributed by atoms with E-state index in [0.29, 0.717) is 6.54 Å². The minimum absolute atomic E-state index is 0. The Morgan fingerprint density at radius 2 is 1.64 bits per heavy atom. The van der Waals surface area contributed by atoms with Crippen molar-refractivity contribution in [1.82, 2.24) is 20.4 Å². The van der Waals surface area contributed by atoms with Gasteiger partial charge in [-0.3, -0.25) is 14.8 Å². The van der Waals surface area contributed by atoms with E-state index in [1.807, 2.05) is 19.2 Å². The largest absolute Gasteiger partial charge is 0.381 e. The molecule has 9 heteroatoms. The van der Waals surface area contributed by atoms with Gasteiger partial charge in [0.25, 0.3) is 0 Å². The van der Waals surface area contributed by atoms with Gasteiger partial charge in [0, 0.05) is 52.0 Å². The number of benzene rings is 1. The Hall–Kier alpha value is -1.01. The molecule has 1 aromatic carbocycles. The third kappa shape index (κ3) is 7.00. The monoisotopic (exact) mass is 575 g/mol. The van der Waals surface area contributed by atoms with Crippen LogP contribution >= 0.6 is 24.0 Å². The van der Waals surface area contributed by atoms with Crippen molar-refractivity contribution in [3.05, 3.63) is 35.6 Å². The number of nitrogens with one attached hydrogen (secondary N) is 2. The normalized spacial score (nSPS) is 23.0. The van der Waals surface area contributed by atoms with Crippen molar-refractivity contribution in [1.29, 1.82) is 0 Å². The molecule has 186 valence electrons. The third-order valence-corrected chi connectivity index (χ3v) is 7.21. The lowest BCUT2D eigenvalue weighted by molar-refractivity contribution is -0.0164. The fraction of sp³-hybridized carbons (Fsp3) is 0.708. The number of halogens is 2. The van der Waals surface area contributed by atoms with E-state index in [1.54, 1.807) is 12.1 Å². The van der Waals surface area contributed by atoms with Gasteiger partial charge in [0.05, 0.1) is 19.3 Å². The van der Waals surface area contributed by atoms with E-state index in [9.17, 15) is 4.39 Å². The highest BCUT2D eigenvalue weighted by atomic mass is 127. The first-order valence-corrected chi connectivity index (χ1v) is 12.0. The number of morpholine rings is 1. The van der Waals surface area contributed by atoms with Crippen LogP contribution in [0.25, 0.3) is 0 Å². The molecule has 0 radical (unpaired) electrons. The molecule has 3 aliphatic rings. The number of guanidine groups is 1. The fourth-order valence-corrected chi connectivity index (χ4v) is 5.24. The Morgan fingerprint density at radius 3 is 2.27 bits per heavy atom. The molecule has 0 saturated carbocycles. The van der Waals surface area contributed by atoms with Gasteiger partial charge in [-0.1, -0.05) is 12.1 Å². The van der Waals surface area contributed by atoms with Gasteiger partial charge in [-0.15, -0.1) is 24.0 Å². The van der Waals surface area contributed by atoms with Gasteiger partial charge >= 0.3 is 0 Å². The zero-order valence-electron chi connectivity index (χ0n) is 19.7. The molecule has 0 amide bonds. The second-order valence-corrected chi connectivity index (χ2v) is 9.05. The van der Waals surface area contributed by atoms with Crippen LogP contribution in [0.5, 0.6) is 0 Å². The molecule has 0 aromatic heterocycles. The van der Waals surface area contributed by atoms with Crippen LogP contribution in [0.4, 0.5) is 4.39 Å². The van der Waals surface area contributed by atoms with Crippen molar-refractivity contribution in [2.45, 2.75) is 37.3 Å². The summed E-state index contributed by atoms with van der Waals surface area (Å²) in [4.78, 5) is 9.56. The Labute approximate surface area is 214 Å². The Balaban J connectivity index is 0.00000306. The van der Waals surface area contributed by atoms with E-state index >= 15 is 0 Å². The van der Waals surface area contributed by atoms with Gasteiger partial charge in [-0.05, 0) is 56.5 Å². The van der Waals surface area contributed by atoms with Gasteiger partial charge in [0.15, 0.2) is 5.96 Å². The molecule has 4 rings (SSSR count). The number of aliphatic imine (C=N–C) groups is 1. The summed E-state index contributed by atoms with van der Waals surface area (Å²) in [6, 6.07) is 6.99. The molecule has 0 spiro atoms. The number of nitrogens with zero attached hydrogens (tertiary/aromatic N) is 3. The molecule has 0 bridgehead atoms. The number of likely N-dealkylation sites (tertiary alicyclic amines) is 1. The van der Waals surface area contributed by atoms with Crippen molar-refractivity contribution >= 4 is 29.9 Å². The van der Waals surface area contributed by atoms with Gasteiger partial charge < -0.3 is 20.1 Å². The summed E-state index contributed by atoms with van der Waals surface area (Å²) in [6.07, 6.45) is 4.69. The van der Waals surface area contributed by atoms with Crippen LogP contribution < -0.4 is 10.6 Å². The van der Waals surface area contributed by atoms with Crippen LogP contribution in [0.1, 0.15) is 37.3 Å². The van der Waals surface area contributed by atoms with Gasteiger partial charge in [0.2, 0.25) is 0 Å². The van der Waals surface area contributed by atoms with Crippen LogP contribution in [0.15, 0.2) is 29.3 Å². The van der Waals surface area contributed by atoms with Gasteiger partial charge in [-0.25, -0.2) is 4.39 Å². The van der Waals surface area contributed by atoms with Gasteiger partial charge in [0.1, 0.15) is 5.82 Å². The maximum atomic E-state index is 13.5. The number of ether oxygens (including phenoxy) is 2. The van der Waals surface area contributed by atoms with E-state index < -0.39 is 0 Å². The predicted molar refractivity (Wildman–Crippen MR) is 140 cm³/mol. The van der Waals surface area contributed by atoms with Crippen molar-refractivity contribution in [2.24, 2.45) is 4.99 Å². The molecule has 3 fully saturated rings. The van der Waals surface area contributed by atoms with E-state index in [4.69, 9.17) is 9.47 Å². The molecule has 2 N–H and O–H groups in total. The zero-order chi connectivity index (χ0) is 22.2. The molecular weight excluding hydrogens is 536 g/mol. The second-order valence-electron chi connectivity index (χ2n) is 9.05. The van der Waals surface area contributed by atoms with Gasteiger partial charge in [-0.2, -0.15) is 0 Å². The Kier molecular flexibility index (Phi) is 10.6.